The van der Waals surface area contributed by atoms with E-state index in [4.69, 9.17) is 4.74 Å². The van der Waals surface area contributed by atoms with E-state index in [0.29, 0.717) is 12.2 Å². The van der Waals surface area contributed by atoms with Gasteiger partial charge in [0.05, 0.1) is 16.2 Å². The minimum absolute atomic E-state index is 0.0537. The van der Waals surface area contributed by atoms with Gasteiger partial charge in [-0.1, -0.05) is 18.2 Å². The monoisotopic (exact) mass is 352 g/mol. The highest BCUT2D eigenvalue weighted by Gasteiger charge is 2.20. The standard InChI is InChI=1S/C19H20N4O3/c20-15-16-14-17(23(24)25)6-7-19(16)22-10-8-21(9-11-22)12-13-26-18-4-2-1-3-5-18/h1-7,14H,8-13H2. The van der Waals surface area contributed by atoms with Crippen molar-refractivity contribution in [2.24, 2.45) is 0 Å². The lowest BCUT2D eigenvalue weighted by molar-refractivity contribution is -0.384. The zero-order valence-corrected chi connectivity index (χ0v) is 14.4. The predicted molar refractivity (Wildman–Crippen MR) is 98.4 cm³/mol. The zero-order chi connectivity index (χ0) is 18.4. The van der Waals surface area contributed by atoms with Crippen LogP contribution in [0.15, 0.2) is 48.5 Å². The number of non-ortho nitro benzene ring substituents is 1. The number of nitrogens with zero attached hydrogens (tertiary/aromatic N) is 4. The van der Waals surface area contributed by atoms with Crippen molar-refractivity contribution < 1.29 is 9.66 Å². The minimum Gasteiger partial charge on any atom is -0.492 e. The van der Waals surface area contributed by atoms with Crippen LogP contribution in [0.1, 0.15) is 5.56 Å². The number of ether oxygens (including phenoxy) is 1. The maximum atomic E-state index is 10.9. The Balaban J connectivity index is 1.52. The normalized spacial score (nSPS) is 14.7. The second kappa shape index (κ2) is 8.32. The van der Waals surface area contributed by atoms with Gasteiger partial charge in [0.15, 0.2) is 0 Å². The summed E-state index contributed by atoms with van der Waals surface area (Å²) in [6, 6.07) is 16.3. The molecular formula is C19H20N4O3. The fraction of sp³-hybridized carbons (Fsp3) is 0.316. The Bertz CT molecular complexity index is 796. The van der Waals surface area contributed by atoms with Crippen molar-refractivity contribution in [2.45, 2.75) is 0 Å². The topological polar surface area (TPSA) is 82.6 Å². The van der Waals surface area contributed by atoms with Gasteiger partial charge in [-0.25, -0.2) is 0 Å². The Hall–Kier alpha value is -3.11. The summed E-state index contributed by atoms with van der Waals surface area (Å²) in [5, 5.41) is 20.2. The van der Waals surface area contributed by atoms with Crippen molar-refractivity contribution >= 4 is 11.4 Å². The molecule has 0 N–H and O–H groups in total. The van der Waals surface area contributed by atoms with Gasteiger partial charge in [0.25, 0.3) is 5.69 Å². The van der Waals surface area contributed by atoms with Crippen LogP contribution in [0.2, 0.25) is 0 Å². The molecule has 7 heteroatoms. The molecule has 1 aliphatic rings. The van der Waals surface area contributed by atoms with Crippen molar-refractivity contribution in [3.8, 4) is 11.8 Å². The van der Waals surface area contributed by atoms with Crippen LogP contribution in [0.4, 0.5) is 11.4 Å². The molecule has 0 aromatic heterocycles. The highest BCUT2D eigenvalue weighted by atomic mass is 16.6. The summed E-state index contributed by atoms with van der Waals surface area (Å²) in [6.45, 7) is 4.74. The molecule has 0 amide bonds. The number of nitriles is 1. The number of para-hydroxylation sites is 1. The molecule has 1 fully saturated rings. The molecule has 0 bridgehead atoms. The fourth-order valence-corrected chi connectivity index (χ4v) is 3.02. The number of rotatable bonds is 6. The van der Waals surface area contributed by atoms with Crippen LogP contribution in [0.5, 0.6) is 5.75 Å². The second-order valence-electron chi connectivity index (χ2n) is 6.06. The second-order valence-corrected chi connectivity index (χ2v) is 6.06. The molecule has 0 radical (unpaired) electrons. The molecule has 2 aromatic carbocycles. The van der Waals surface area contributed by atoms with Gasteiger partial charge in [0.1, 0.15) is 18.4 Å². The fourth-order valence-electron chi connectivity index (χ4n) is 3.02. The Morgan fingerprint density at radius 1 is 1.12 bits per heavy atom. The van der Waals surface area contributed by atoms with Crippen molar-refractivity contribution in [3.05, 3.63) is 64.2 Å². The molecule has 0 atom stereocenters. The number of hydrogen-bond acceptors (Lipinski definition) is 6. The Morgan fingerprint density at radius 3 is 2.50 bits per heavy atom. The Morgan fingerprint density at radius 2 is 1.85 bits per heavy atom. The third-order valence-electron chi connectivity index (χ3n) is 4.44. The highest BCUT2D eigenvalue weighted by molar-refractivity contribution is 5.63. The van der Waals surface area contributed by atoms with E-state index in [0.717, 1.165) is 44.2 Å². The van der Waals surface area contributed by atoms with Gasteiger partial charge in [0, 0.05) is 44.9 Å². The summed E-state index contributed by atoms with van der Waals surface area (Å²) in [4.78, 5) is 14.8. The van der Waals surface area contributed by atoms with E-state index in [9.17, 15) is 15.4 Å². The summed E-state index contributed by atoms with van der Waals surface area (Å²) < 4.78 is 5.73. The first kappa shape index (κ1) is 17.7. The first-order chi connectivity index (χ1) is 12.7. The maximum Gasteiger partial charge on any atom is 0.270 e. The average Bonchev–Trinajstić information content (AvgIpc) is 2.69. The predicted octanol–water partition coefficient (Wildman–Crippen LogP) is 2.67. The van der Waals surface area contributed by atoms with Gasteiger partial charge in [-0.15, -0.1) is 0 Å². The summed E-state index contributed by atoms with van der Waals surface area (Å²) >= 11 is 0. The Kier molecular flexibility index (Phi) is 5.66. The van der Waals surface area contributed by atoms with Crippen LogP contribution in [0, 0.1) is 21.4 Å². The Labute approximate surface area is 152 Å². The van der Waals surface area contributed by atoms with E-state index in [1.165, 1.54) is 12.1 Å². The van der Waals surface area contributed by atoms with Crippen LogP contribution in [0.25, 0.3) is 0 Å². The zero-order valence-electron chi connectivity index (χ0n) is 14.4. The molecule has 7 nitrogen and oxygen atoms in total. The van der Waals surface area contributed by atoms with Gasteiger partial charge >= 0.3 is 0 Å². The van der Waals surface area contributed by atoms with E-state index in [-0.39, 0.29) is 5.69 Å². The van der Waals surface area contributed by atoms with E-state index >= 15 is 0 Å². The first-order valence-electron chi connectivity index (χ1n) is 8.51. The molecule has 0 unspecified atom stereocenters. The summed E-state index contributed by atoms with van der Waals surface area (Å²) in [7, 11) is 0. The van der Waals surface area contributed by atoms with E-state index in [2.05, 4.69) is 15.9 Å². The lowest BCUT2D eigenvalue weighted by Crippen LogP contribution is -2.47. The van der Waals surface area contributed by atoms with Crippen molar-refractivity contribution in [1.29, 1.82) is 5.26 Å². The lowest BCUT2D eigenvalue weighted by Gasteiger charge is -2.36. The van der Waals surface area contributed by atoms with Gasteiger partial charge in [0.2, 0.25) is 0 Å². The first-order valence-corrected chi connectivity index (χ1v) is 8.51. The molecule has 0 spiro atoms. The van der Waals surface area contributed by atoms with E-state index in [1.807, 2.05) is 30.3 Å². The maximum absolute atomic E-state index is 10.9. The number of anilines is 1. The van der Waals surface area contributed by atoms with Crippen LogP contribution >= 0.6 is 0 Å². The number of piperazine rings is 1. The van der Waals surface area contributed by atoms with E-state index < -0.39 is 4.92 Å². The molecular weight excluding hydrogens is 332 g/mol. The van der Waals surface area contributed by atoms with Gasteiger partial charge in [-0.3, -0.25) is 15.0 Å². The molecule has 0 aliphatic carbocycles. The summed E-state index contributed by atoms with van der Waals surface area (Å²) in [5.41, 5.74) is 1.06. The molecule has 26 heavy (non-hydrogen) atoms. The van der Waals surface area contributed by atoms with Crippen LogP contribution < -0.4 is 9.64 Å². The summed E-state index contributed by atoms with van der Waals surface area (Å²) in [6.07, 6.45) is 0. The van der Waals surface area contributed by atoms with Crippen molar-refractivity contribution in [2.75, 3.05) is 44.2 Å². The molecule has 1 heterocycles. The third kappa shape index (κ3) is 4.29. The number of nitro benzene ring substituents is 1. The van der Waals surface area contributed by atoms with Crippen molar-refractivity contribution in [3.63, 3.8) is 0 Å². The van der Waals surface area contributed by atoms with Crippen LogP contribution in [-0.4, -0.2) is 49.2 Å². The number of hydrogen-bond donors (Lipinski definition) is 0. The summed E-state index contributed by atoms with van der Waals surface area (Å²) in [5.74, 6) is 0.871. The molecule has 3 rings (SSSR count). The van der Waals surface area contributed by atoms with Gasteiger partial charge in [-0.05, 0) is 18.2 Å². The van der Waals surface area contributed by atoms with E-state index in [1.54, 1.807) is 6.07 Å². The average molecular weight is 352 g/mol. The third-order valence-corrected chi connectivity index (χ3v) is 4.44. The lowest BCUT2D eigenvalue weighted by atomic mass is 10.1. The van der Waals surface area contributed by atoms with Crippen LogP contribution in [0.3, 0.4) is 0 Å². The molecule has 1 saturated heterocycles. The largest absolute Gasteiger partial charge is 0.492 e. The van der Waals surface area contributed by atoms with Crippen molar-refractivity contribution in [1.82, 2.24) is 4.90 Å². The van der Waals surface area contributed by atoms with Gasteiger partial charge in [-0.2, -0.15) is 5.26 Å². The minimum atomic E-state index is -0.477. The SMILES string of the molecule is N#Cc1cc([N+](=O)[O-])ccc1N1CCN(CCOc2ccccc2)CC1. The quantitative estimate of drug-likeness (QED) is 0.587. The van der Waals surface area contributed by atoms with Gasteiger partial charge < -0.3 is 9.64 Å². The molecule has 0 saturated carbocycles. The molecule has 2 aromatic rings. The molecule has 134 valence electrons. The highest BCUT2D eigenvalue weighted by Crippen LogP contribution is 2.25. The molecule has 1 aliphatic heterocycles. The van der Waals surface area contributed by atoms with Crippen LogP contribution in [-0.2, 0) is 0 Å². The smallest absolute Gasteiger partial charge is 0.270 e. The number of benzene rings is 2. The number of nitro groups is 1.